The summed E-state index contributed by atoms with van der Waals surface area (Å²) >= 11 is 0. The third kappa shape index (κ3) is 2.93. The van der Waals surface area contributed by atoms with E-state index in [1.807, 2.05) is 0 Å². The number of hydrogen-bond donors (Lipinski definition) is 1. The predicted molar refractivity (Wildman–Crippen MR) is 95.5 cm³/mol. The van der Waals surface area contributed by atoms with E-state index < -0.39 is 0 Å². The molecule has 0 amide bonds. The highest BCUT2D eigenvalue weighted by molar-refractivity contribution is 5.38. The van der Waals surface area contributed by atoms with Crippen LogP contribution in [0, 0.1) is 0 Å². The number of fused-ring (bicyclic) bond motifs is 1. The first-order valence-corrected chi connectivity index (χ1v) is 8.32. The summed E-state index contributed by atoms with van der Waals surface area (Å²) in [5.41, 5.74) is 5.68. The second kappa shape index (κ2) is 6.39. The van der Waals surface area contributed by atoms with E-state index in [0.29, 0.717) is 12.0 Å². The topological polar surface area (TPSA) is 12.0 Å². The molecule has 1 heteroatoms. The largest absolute Gasteiger partial charge is 0.309 e. The molecule has 0 bridgehead atoms. The molecule has 0 spiro atoms. The Balaban J connectivity index is 1.72. The van der Waals surface area contributed by atoms with Gasteiger partial charge < -0.3 is 5.32 Å². The van der Waals surface area contributed by atoms with E-state index in [9.17, 15) is 0 Å². The van der Waals surface area contributed by atoms with Crippen LogP contribution in [0.3, 0.4) is 0 Å². The first kappa shape index (κ1) is 14.2. The lowest BCUT2D eigenvalue weighted by atomic mass is 9.80. The summed E-state index contributed by atoms with van der Waals surface area (Å²) in [5.74, 6) is 0.380. The molecule has 0 aromatic heterocycles. The Morgan fingerprint density at radius 3 is 1.78 bits per heavy atom. The third-order valence-corrected chi connectivity index (χ3v) is 4.83. The van der Waals surface area contributed by atoms with Crippen LogP contribution in [0.15, 0.2) is 84.9 Å². The van der Waals surface area contributed by atoms with Crippen molar-refractivity contribution >= 4 is 0 Å². The predicted octanol–water partition coefficient (Wildman–Crippen LogP) is 4.53. The van der Waals surface area contributed by atoms with Crippen LogP contribution in [0.4, 0.5) is 0 Å². The molecule has 1 nitrogen and oxygen atoms in total. The van der Waals surface area contributed by atoms with Crippen molar-refractivity contribution in [2.45, 2.75) is 24.9 Å². The highest BCUT2D eigenvalue weighted by Gasteiger charge is 2.28. The van der Waals surface area contributed by atoms with E-state index >= 15 is 0 Å². The van der Waals surface area contributed by atoms with Crippen LogP contribution in [-0.2, 0) is 13.0 Å². The molecule has 0 saturated carbocycles. The van der Waals surface area contributed by atoms with E-state index in [1.54, 1.807) is 0 Å². The molecule has 3 aromatic rings. The van der Waals surface area contributed by atoms with Crippen molar-refractivity contribution in [3.05, 3.63) is 107 Å². The minimum Gasteiger partial charge on any atom is -0.309 e. The maximum Gasteiger partial charge on any atom is 0.0246 e. The zero-order chi connectivity index (χ0) is 15.5. The summed E-state index contributed by atoms with van der Waals surface area (Å²) in [7, 11) is 0. The molecule has 4 rings (SSSR count). The van der Waals surface area contributed by atoms with Gasteiger partial charge in [0, 0.05) is 18.5 Å². The quantitative estimate of drug-likeness (QED) is 0.749. The molecule has 0 aliphatic carbocycles. The average Bonchev–Trinajstić information content (AvgIpc) is 2.64. The van der Waals surface area contributed by atoms with Gasteiger partial charge >= 0.3 is 0 Å². The Labute approximate surface area is 138 Å². The van der Waals surface area contributed by atoms with Crippen LogP contribution in [0.2, 0.25) is 0 Å². The molecule has 0 unspecified atom stereocenters. The molecule has 1 heterocycles. The lowest BCUT2D eigenvalue weighted by molar-refractivity contribution is 0.438. The van der Waals surface area contributed by atoms with Gasteiger partial charge in [-0.3, -0.25) is 0 Å². The summed E-state index contributed by atoms with van der Waals surface area (Å²) < 4.78 is 0. The zero-order valence-electron chi connectivity index (χ0n) is 13.2. The van der Waals surface area contributed by atoms with Gasteiger partial charge in [0.1, 0.15) is 0 Å². The van der Waals surface area contributed by atoms with Gasteiger partial charge in [0.05, 0.1) is 0 Å². The van der Waals surface area contributed by atoms with E-state index in [4.69, 9.17) is 0 Å². The van der Waals surface area contributed by atoms with Gasteiger partial charge in [0.15, 0.2) is 0 Å². The fourth-order valence-electron chi connectivity index (χ4n) is 3.69. The van der Waals surface area contributed by atoms with Crippen LogP contribution in [0.5, 0.6) is 0 Å². The SMILES string of the molecule is c1ccc(C(c2ccccc2)[C@@H]2Cc3ccccc3CN2)cc1. The van der Waals surface area contributed by atoms with Crippen molar-refractivity contribution < 1.29 is 0 Å². The van der Waals surface area contributed by atoms with Gasteiger partial charge in [0.25, 0.3) is 0 Å². The number of nitrogens with one attached hydrogen (secondary N) is 1. The first-order valence-electron chi connectivity index (χ1n) is 8.32. The van der Waals surface area contributed by atoms with Crippen molar-refractivity contribution in [3.63, 3.8) is 0 Å². The van der Waals surface area contributed by atoms with E-state index in [0.717, 1.165) is 13.0 Å². The fraction of sp³-hybridized carbons (Fsp3) is 0.182. The molecule has 0 fully saturated rings. The molecular formula is C22H21N. The fourth-order valence-corrected chi connectivity index (χ4v) is 3.69. The lowest BCUT2D eigenvalue weighted by Gasteiger charge is -2.33. The number of rotatable bonds is 3. The van der Waals surface area contributed by atoms with Gasteiger partial charge in [-0.15, -0.1) is 0 Å². The van der Waals surface area contributed by atoms with Crippen LogP contribution in [-0.4, -0.2) is 6.04 Å². The zero-order valence-corrected chi connectivity index (χ0v) is 13.2. The lowest BCUT2D eigenvalue weighted by Crippen LogP contribution is -2.40. The van der Waals surface area contributed by atoms with Gasteiger partial charge in [-0.25, -0.2) is 0 Å². The minimum atomic E-state index is 0.380. The molecule has 114 valence electrons. The van der Waals surface area contributed by atoms with Gasteiger partial charge in [-0.1, -0.05) is 84.9 Å². The van der Waals surface area contributed by atoms with Crippen LogP contribution < -0.4 is 5.32 Å². The Morgan fingerprint density at radius 1 is 0.652 bits per heavy atom. The van der Waals surface area contributed by atoms with Gasteiger partial charge in [-0.2, -0.15) is 0 Å². The van der Waals surface area contributed by atoms with Gasteiger partial charge in [-0.05, 0) is 28.7 Å². The maximum atomic E-state index is 3.77. The van der Waals surface area contributed by atoms with E-state index in [2.05, 4.69) is 90.2 Å². The molecule has 1 atom stereocenters. The van der Waals surface area contributed by atoms with Crippen LogP contribution in [0.1, 0.15) is 28.2 Å². The summed E-state index contributed by atoms with van der Waals surface area (Å²) in [6.45, 7) is 0.955. The highest BCUT2D eigenvalue weighted by Crippen LogP contribution is 2.32. The first-order chi connectivity index (χ1) is 11.4. The van der Waals surface area contributed by atoms with Crippen molar-refractivity contribution in [1.29, 1.82) is 0 Å². The van der Waals surface area contributed by atoms with Crippen molar-refractivity contribution in [3.8, 4) is 0 Å². The minimum absolute atomic E-state index is 0.380. The van der Waals surface area contributed by atoms with E-state index in [-0.39, 0.29) is 0 Å². The van der Waals surface area contributed by atoms with E-state index in [1.165, 1.54) is 22.3 Å². The third-order valence-electron chi connectivity index (χ3n) is 4.83. The normalized spacial score (nSPS) is 17.0. The Kier molecular flexibility index (Phi) is 3.95. The Hall–Kier alpha value is -2.38. The van der Waals surface area contributed by atoms with Crippen LogP contribution in [0.25, 0.3) is 0 Å². The summed E-state index contributed by atoms with van der Waals surface area (Å²) in [4.78, 5) is 0. The van der Waals surface area contributed by atoms with Gasteiger partial charge in [0.2, 0.25) is 0 Å². The second-order valence-corrected chi connectivity index (χ2v) is 6.26. The average molecular weight is 299 g/mol. The Bertz CT molecular complexity index is 725. The molecule has 3 aromatic carbocycles. The number of benzene rings is 3. The maximum absolute atomic E-state index is 3.77. The monoisotopic (exact) mass is 299 g/mol. The summed E-state index contributed by atoms with van der Waals surface area (Å²) in [5, 5.41) is 3.77. The molecule has 23 heavy (non-hydrogen) atoms. The highest BCUT2D eigenvalue weighted by atomic mass is 14.9. The molecular weight excluding hydrogens is 278 g/mol. The smallest absolute Gasteiger partial charge is 0.0246 e. The van der Waals surface area contributed by atoms with Crippen molar-refractivity contribution in [2.24, 2.45) is 0 Å². The Morgan fingerprint density at radius 2 is 1.17 bits per heavy atom. The standard InChI is InChI=1S/C22H21N/c1-3-9-17(10-4-1)22(18-11-5-2-6-12-18)21-15-19-13-7-8-14-20(19)16-23-21/h1-14,21-23H,15-16H2/t21-/m0/s1. The summed E-state index contributed by atoms with van der Waals surface area (Å²) in [6.07, 6.45) is 1.07. The molecule has 1 aliphatic heterocycles. The second-order valence-electron chi connectivity index (χ2n) is 6.26. The van der Waals surface area contributed by atoms with Crippen molar-refractivity contribution in [2.75, 3.05) is 0 Å². The molecule has 0 saturated heterocycles. The van der Waals surface area contributed by atoms with Crippen molar-refractivity contribution in [1.82, 2.24) is 5.32 Å². The summed E-state index contributed by atoms with van der Waals surface area (Å²) in [6, 6.07) is 31.0. The molecule has 0 radical (unpaired) electrons. The number of hydrogen-bond acceptors (Lipinski definition) is 1. The molecule has 1 N–H and O–H groups in total. The molecule has 1 aliphatic rings. The van der Waals surface area contributed by atoms with Crippen LogP contribution >= 0.6 is 0 Å².